The van der Waals surface area contributed by atoms with Gasteiger partial charge in [0.25, 0.3) is 0 Å². The lowest BCUT2D eigenvalue weighted by Crippen LogP contribution is -2.15. The zero-order valence-corrected chi connectivity index (χ0v) is 57.7. The fraction of sp³-hybridized carbons (Fsp3) is 0.152. The van der Waals surface area contributed by atoms with Crippen molar-refractivity contribution in [3.63, 3.8) is 0 Å². The molecule has 0 atom stereocenters. The predicted molar refractivity (Wildman–Crippen MR) is 425 cm³/mol. The normalized spacial score (nSPS) is 14.3. The molecule has 0 aromatic heterocycles. The third-order valence-electron chi connectivity index (χ3n) is 23.7. The van der Waals surface area contributed by atoms with Gasteiger partial charge in [0.1, 0.15) is 0 Å². The molecule has 0 nitrogen and oxygen atoms in total. The molecule has 0 heterocycles. The molecule has 0 fully saturated rings. The Hall–Kier alpha value is -10.9. The highest BCUT2D eigenvalue weighted by Crippen LogP contribution is 2.58. The Morgan fingerprint density at radius 1 is 0.202 bits per heavy atom. The SMILES string of the molecule is CCCCCCc1ccc(-c2c3ccccc3c(-c3ccc4c(c3)C(C)(C)c3cc(-c5ccc6c(c5)C(C)(C)c5cc(-c7c8ccccc8c(-c8c9ccccc9c(-c9ccc%10c(c9)C(C)(C)c9ccccc9-%10)c9ccccc89)c8ccccc78)ccc5-6)ccc3-4)c3ccccc23)cc1. The van der Waals surface area contributed by atoms with E-state index in [-0.39, 0.29) is 16.2 Å². The average molecular weight is 1270 g/mol. The van der Waals surface area contributed by atoms with Crippen molar-refractivity contribution in [2.24, 2.45) is 0 Å². The highest BCUT2D eigenvalue weighted by molar-refractivity contribution is 6.30. The van der Waals surface area contributed by atoms with Crippen LogP contribution in [0.4, 0.5) is 0 Å². The molecule has 3 aliphatic rings. The fourth-order valence-electron chi connectivity index (χ4n) is 18.8. The van der Waals surface area contributed by atoms with Gasteiger partial charge in [-0.1, -0.05) is 323 Å². The van der Waals surface area contributed by atoms with Gasteiger partial charge in [-0.2, -0.15) is 0 Å². The van der Waals surface area contributed by atoms with Gasteiger partial charge in [-0.25, -0.2) is 0 Å². The van der Waals surface area contributed by atoms with E-state index in [9.17, 15) is 0 Å². The van der Waals surface area contributed by atoms with Gasteiger partial charge < -0.3 is 0 Å². The molecule has 0 N–H and O–H groups in total. The van der Waals surface area contributed by atoms with Crippen molar-refractivity contribution in [2.75, 3.05) is 0 Å². The molecular formula is C99H78. The smallest absolute Gasteiger partial charge is 0.0159 e. The van der Waals surface area contributed by atoms with Gasteiger partial charge in [0.05, 0.1) is 0 Å². The van der Waals surface area contributed by atoms with Gasteiger partial charge in [0, 0.05) is 16.2 Å². The van der Waals surface area contributed by atoms with Crippen molar-refractivity contribution < 1.29 is 0 Å². The molecule has 16 aromatic carbocycles. The summed E-state index contributed by atoms with van der Waals surface area (Å²) in [7, 11) is 0. The van der Waals surface area contributed by atoms with Crippen molar-refractivity contribution in [3.8, 4) is 100 Å². The van der Waals surface area contributed by atoms with Gasteiger partial charge in [0.2, 0.25) is 0 Å². The lowest BCUT2D eigenvalue weighted by molar-refractivity contribution is 0.660. The zero-order chi connectivity index (χ0) is 66.6. The number of rotatable bonds is 11. The number of fused-ring (bicyclic) bond motifs is 15. The Labute approximate surface area is 581 Å². The maximum Gasteiger partial charge on any atom is 0.0159 e. The van der Waals surface area contributed by atoms with Crippen LogP contribution in [0, 0.1) is 0 Å². The van der Waals surface area contributed by atoms with E-state index in [4.69, 9.17) is 0 Å². The first kappa shape index (κ1) is 59.4. The number of aryl methyl sites for hydroxylation is 1. The first-order chi connectivity index (χ1) is 48.4. The third kappa shape index (κ3) is 8.84. The van der Waals surface area contributed by atoms with Gasteiger partial charge >= 0.3 is 0 Å². The molecule has 0 saturated heterocycles. The van der Waals surface area contributed by atoms with Gasteiger partial charge in [0.15, 0.2) is 0 Å². The first-order valence-electron chi connectivity index (χ1n) is 36.1. The third-order valence-corrected chi connectivity index (χ3v) is 23.7. The van der Waals surface area contributed by atoms with Crippen molar-refractivity contribution >= 4 is 64.6 Å². The van der Waals surface area contributed by atoms with Crippen LogP contribution in [0.25, 0.3) is 165 Å². The Balaban J connectivity index is 0.672. The van der Waals surface area contributed by atoms with Crippen molar-refractivity contribution in [1.29, 1.82) is 0 Å². The molecule has 99 heavy (non-hydrogen) atoms. The second-order valence-corrected chi connectivity index (χ2v) is 30.3. The molecular weight excluding hydrogens is 1190 g/mol. The van der Waals surface area contributed by atoms with E-state index >= 15 is 0 Å². The molecule has 0 radical (unpaired) electrons. The maximum atomic E-state index is 2.54. The summed E-state index contributed by atoms with van der Waals surface area (Å²) >= 11 is 0. The van der Waals surface area contributed by atoms with Crippen molar-refractivity contribution in [3.05, 3.63) is 324 Å². The molecule has 16 aromatic rings. The van der Waals surface area contributed by atoms with Crippen LogP contribution >= 0.6 is 0 Å². The zero-order valence-electron chi connectivity index (χ0n) is 57.7. The summed E-state index contributed by atoms with van der Waals surface area (Å²) < 4.78 is 0. The van der Waals surface area contributed by atoms with Gasteiger partial charge in [-0.15, -0.1) is 0 Å². The van der Waals surface area contributed by atoms with Gasteiger partial charge in [-0.3, -0.25) is 0 Å². The number of hydrogen-bond acceptors (Lipinski definition) is 0. The second-order valence-electron chi connectivity index (χ2n) is 30.3. The summed E-state index contributed by atoms with van der Waals surface area (Å²) in [5.41, 5.74) is 32.5. The van der Waals surface area contributed by atoms with Crippen LogP contribution in [-0.4, -0.2) is 0 Å². The topological polar surface area (TPSA) is 0 Å². The van der Waals surface area contributed by atoms with Crippen LogP contribution in [0.5, 0.6) is 0 Å². The minimum absolute atomic E-state index is 0.107. The molecule has 474 valence electrons. The predicted octanol–water partition coefficient (Wildman–Crippen LogP) is 27.6. The van der Waals surface area contributed by atoms with Crippen molar-refractivity contribution in [1.82, 2.24) is 0 Å². The molecule has 19 rings (SSSR count). The number of hydrogen-bond donors (Lipinski definition) is 0. The van der Waals surface area contributed by atoms with E-state index in [1.54, 1.807) is 0 Å². The Morgan fingerprint density at radius 2 is 0.444 bits per heavy atom. The Kier molecular flexibility index (Phi) is 13.4. The van der Waals surface area contributed by atoms with Crippen LogP contribution in [-0.2, 0) is 22.7 Å². The van der Waals surface area contributed by atoms with Crippen LogP contribution in [0.15, 0.2) is 285 Å². The van der Waals surface area contributed by atoms with E-state index in [0.29, 0.717) is 0 Å². The van der Waals surface area contributed by atoms with Crippen LogP contribution in [0.1, 0.15) is 113 Å². The summed E-state index contributed by atoms with van der Waals surface area (Å²) in [4.78, 5) is 0. The van der Waals surface area contributed by atoms with Crippen LogP contribution in [0.3, 0.4) is 0 Å². The van der Waals surface area contributed by atoms with Gasteiger partial charge in [-0.05, 0) is 247 Å². The van der Waals surface area contributed by atoms with E-state index < -0.39 is 0 Å². The number of unbranched alkanes of at least 4 members (excludes halogenated alkanes) is 3. The molecule has 0 aliphatic heterocycles. The quantitative estimate of drug-likeness (QED) is 0.0894. The second kappa shape index (κ2) is 22.3. The van der Waals surface area contributed by atoms with E-state index in [0.717, 1.165) is 6.42 Å². The largest absolute Gasteiger partial charge is 0.0654 e. The lowest BCUT2D eigenvalue weighted by atomic mass is 9.78. The molecule has 0 amide bonds. The molecule has 0 spiro atoms. The molecule has 3 aliphatic carbocycles. The summed E-state index contributed by atoms with van der Waals surface area (Å²) in [5.74, 6) is 0. The summed E-state index contributed by atoms with van der Waals surface area (Å²) in [5, 5.41) is 15.3. The minimum Gasteiger partial charge on any atom is -0.0654 e. The summed E-state index contributed by atoms with van der Waals surface area (Å²) in [6.45, 7) is 16.8. The molecule has 0 unspecified atom stereocenters. The summed E-state index contributed by atoms with van der Waals surface area (Å²) in [6, 6.07) is 110. The first-order valence-corrected chi connectivity index (χ1v) is 36.1. The maximum absolute atomic E-state index is 2.54. The lowest BCUT2D eigenvalue weighted by Gasteiger charge is -2.25. The molecule has 0 bridgehead atoms. The highest BCUT2D eigenvalue weighted by atomic mass is 14.4. The van der Waals surface area contributed by atoms with Crippen molar-refractivity contribution in [2.45, 2.75) is 96.8 Å². The van der Waals surface area contributed by atoms with Crippen LogP contribution in [0.2, 0.25) is 0 Å². The Bertz CT molecular complexity index is 5930. The van der Waals surface area contributed by atoms with E-state index in [1.807, 2.05) is 0 Å². The molecule has 0 saturated carbocycles. The monoisotopic (exact) mass is 1270 g/mol. The average Bonchev–Trinajstić information content (AvgIpc) is 1.62. The minimum atomic E-state index is -0.256. The van der Waals surface area contributed by atoms with E-state index in [1.165, 1.54) is 229 Å². The summed E-state index contributed by atoms with van der Waals surface area (Å²) in [6.07, 6.45) is 6.26. The van der Waals surface area contributed by atoms with E-state index in [2.05, 4.69) is 334 Å². The standard InChI is InChI=1S/C99H78/c1-8-9-10-11-26-60-41-43-61(44-42-60)91-73-28-12-14-30-75(73)92(76-31-15-13-29-74(76)91)65-48-53-71-69-50-45-62(55-86(69)98(4,5)89(71)58-65)63-46-51-70-72-54-49-66(59-90(72)99(6,7)87(70)56-63)94-79-34-18-22-38-83(79)96(84-39-23-19-35-80(84)94)95-81-36-20-16-32-77(81)93(78-33-17-21-37-82(78)95)64-47-52-68-67-27-24-25-40-85(67)97(2,3)88(68)57-64/h12-25,27-59H,8-11,26H2,1-7H3. The van der Waals surface area contributed by atoms with Crippen LogP contribution < -0.4 is 0 Å². The molecule has 0 heteroatoms. The number of benzene rings is 16. The Morgan fingerprint density at radius 3 is 0.768 bits per heavy atom. The fourth-order valence-corrected chi connectivity index (χ4v) is 18.8. The highest BCUT2D eigenvalue weighted by Gasteiger charge is 2.40.